The number of rotatable bonds is 10. The van der Waals surface area contributed by atoms with Crippen LogP contribution in [0, 0.1) is 0 Å². The molecule has 0 aromatic carbocycles. The molecule has 0 aliphatic carbocycles. The summed E-state index contributed by atoms with van der Waals surface area (Å²) in [7, 11) is 0. The Kier molecular flexibility index (Phi) is 10.8. The fourth-order valence-corrected chi connectivity index (χ4v) is 1.16. The van der Waals surface area contributed by atoms with Gasteiger partial charge in [0.25, 0.3) is 0 Å². The smallest absolute Gasteiger partial charge is 0.0533 e. The third kappa shape index (κ3) is 11.8. The molecule has 0 bridgehead atoms. The van der Waals surface area contributed by atoms with Crippen LogP contribution in [0.4, 0.5) is 0 Å². The molecule has 0 radical (unpaired) electrons. The van der Waals surface area contributed by atoms with E-state index in [9.17, 15) is 0 Å². The number of hydrogen-bond acceptors (Lipinski definition) is 4. The van der Waals surface area contributed by atoms with Crippen molar-refractivity contribution in [2.75, 3.05) is 26.2 Å². The highest BCUT2D eigenvalue weighted by Crippen LogP contribution is 1.83. The van der Waals surface area contributed by atoms with Crippen molar-refractivity contribution >= 4 is 0 Å². The molecule has 0 spiro atoms. The lowest BCUT2D eigenvalue weighted by atomic mass is 10.3. The average Bonchev–Trinajstić information content (AvgIpc) is 2.15. The minimum absolute atomic E-state index is 0.176. The van der Waals surface area contributed by atoms with Crippen molar-refractivity contribution in [2.24, 2.45) is 11.5 Å². The molecule has 0 rings (SSSR count). The number of hydrogen-bond donors (Lipinski definition) is 4. The van der Waals surface area contributed by atoms with E-state index < -0.39 is 0 Å². The number of nitrogens with one attached hydrogen (secondary N) is 2. The third-order valence-electron chi connectivity index (χ3n) is 2.07. The van der Waals surface area contributed by atoms with Crippen molar-refractivity contribution in [3.05, 3.63) is 0 Å². The molecular formula is C10H26N4. The predicted molar refractivity (Wildman–Crippen MR) is 62.0 cm³/mol. The van der Waals surface area contributed by atoms with Gasteiger partial charge < -0.3 is 22.1 Å². The zero-order valence-corrected chi connectivity index (χ0v) is 9.39. The molecule has 0 aliphatic rings. The van der Waals surface area contributed by atoms with Crippen LogP contribution in [0.3, 0.4) is 0 Å². The maximum absolute atomic E-state index is 5.41. The molecule has 14 heavy (non-hydrogen) atoms. The standard InChI is InChI=1S/C10H26N4/c1-2-3-6-13-7-4-8-14-9-5-10(11)12/h10,13-14H,2-9,11-12H2,1H3. The maximum atomic E-state index is 5.41. The SMILES string of the molecule is CCCCNCCCNCCC(N)N. The summed E-state index contributed by atoms with van der Waals surface area (Å²) < 4.78 is 0. The highest BCUT2D eigenvalue weighted by molar-refractivity contribution is 4.56. The van der Waals surface area contributed by atoms with Gasteiger partial charge >= 0.3 is 0 Å². The predicted octanol–water partition coefficient (Wildman–Crippen LogP) is -0.0106. The van der Waals surface area contributed by atoms with Gasteiger partial charge in [0.15, 0.2) is 0 Å². The summed E-state index contributed by atoms with van der Waals surface area (Å²) in [6.07, 6.45) is 4.38. The molecular weight excluding hydrogens is 176 g/mol. The van der Waals surface area contributed by atoms with Crippen molar-refractivity contribution in [1.29, 1.82) is 0 Å². The van der Waals surface area contributed by atoms with Gasteiger partial charge in [-0.2, -0.15) is 0 Å². The van der Waals surface area contributed by atoms with Crippen molar-refractivity contribution in [1.82, 2.24) is 10.6 Å². The summed E-state index contributed by atoms with van der Waals surface area (Å²) in [5, 5.41) is 6.70. The Morgan fingerprint density at radius 1 is 0.929 bits per heavy atom. The average molecular weight is 202 g/mol. The summed E-state index contributed by atoms with van der Waals surface area (Å²) in [4.78, 5) is 0. The molecule has 0 unspecified atom stereocenters. The molecule has 0 amide bonds. The Hall–Kier alpha value is -0.160. The van der Waals surface area contributed by atoms with Gasteiger partial charge in [0.1, 0.15) is 0 Å². The molecule has 86 valence electrons. The summed E-state index contributed by atoms with van der Waals surface area (Å²) in [5.74, 6) is 0. The second kappa shape index (κ2) is 10.9. The van der Waals surface area contributed by atoms with Gasteiger partial charge in [0.2, 0.25) is 0 Å². The lowest BCUT2D eigenvalue weighted by Gasteiger charge is -2.07. The van der Waals surface area contributed by atoms with Crippen LogP contribution in [-0.4, -0.2) is 32.3 Å². The Labute approximate surface area is 87.8 Å². The van der Waals surface area contributed by atoms with Crippen LogP contribution < -0.4 is 22.1 Å². The normalized spacial score (nSPS) is 11.1. The molecule has 0 saturated carbocycles. The lowest BCUT2D eigenvalue weighted by Crippen LogP contribution is -2.34. The van der Waals surface area contributed by atoms with E-state index in [-0.39, 0.29) is 6.17 Å². The van der Waals surface area contributed by atoms with Gasteiger partial charge in [-0.05, 0) is 45.4 Å². The van der Waals surface area contributed by atoms with Crippen molar-refractivity contribution < 1.29 is 0 Å². The molecule has 0 aromatic rings. The van der Waals surface area contributed by atoms with Gasteiger partial charge in [-0.1, -0.05) is 13.3 Å². The van der Waals surface area contributed by atoms with Crippen molar-refractivity contribution in [2.45, 2.75) is 38.8 Å². The fraction of sp³-hybridized carbons (Fsp3) is 1.00. The molecule has 0 saturated heterocycles. The Bertz CT molecular complexity index is 106. The highest BCUT2D eigenvalue weighted by Gasteiger charge is 1.93. The van der Waals surface area contributed by atoms with Gasteiger partial charge in [0, 0.05) is 0 Å². The van der Waals surface area contributed by atoms with E-state index in [1.807, 2.05) is 0 Å². The van der Waals surface area contributed by atoms with Crippen LogP contribution in [-0.2, 0) is 0 Å². The molecule has 6 N–H and O–H groups in total. The van der Waals surface area contributed by atoms with E-state index in [1.165, 1.54) is 19.3 Å². The number of nitrogens with two attached hydrogens (primary N) is 2. The topological polar surface area (TPSA) is 76.1 Å². The molecule has 0 heterocycles. The second-order valence-electron chi connectivity index (χ2n) is 3.66. The largest absolute Gasteiger partial charge is 0.317 e. The van der Waals surface area contributed by atoms with Crippen LogP contribution in [0.15, 0.2) is 0 Å². The van der Waals surface area contributed by atoms with E-state index >= 15 is 0 Å². The van der Waals surface area contributed by atoms with Gasteiger partial charge in [-0.25, -0.2) is 0 Å². The minimum atomic E-state index is -0.176. The Morgan fingerprint density at radius 3 is 2.07 bits per heavy atom. The van der Waals surface area contributed by atoms with Crippen molar-refractivity contribution in [3.63, 3.8) is 0 Å². The second-order valence-corrected chi connectivity index (χ2v) is 3.66. The summed E-state index contributed by atoms with van der Waals surface area (Å²) >= 11 is 0. The molecule has 0 atom stereocenters. The Balaban J connectivity index is 2.85. The zero-order valence-electron chi connectivity index (χ0n) is 9.39. The lowest BCUT2D eigenvalue weighted by molar-refractivity contribution is 0.546. The van der Waals surface area contributed by atoms with Gasteiger partial charge in [-0.3, -0.25) is 0 Å². The first-order valence-electron chi connectivity index (χ1n) is 5.70. The van der Waals surface area contributed by atoms with Crippen LogP contribution in [0.1, 0.15) is 32.6 Å². The van der Waals surface area contributed by atoms with Crippen LogP contribution in [0.25, 0.3) is 0 Å². The summed E-state index contributed by atoms with van der Waals surface area (Å²) in [6, 6.07) is 0. The highest BCUT2D eigenvalue weighted by atomic mass is 14.9. The summed E-state index contributed by atoms with van der Waals surface area (Å²) in [5.41, 5.74) is 10.8. The molecule has 0 aromatic heterocycles. The number of unbranched alkanes of at least 4 members (excludes halogenated alkanes) is 1. The zero-order chi connectivity index (χ0) is 10.6. The molecule has 4 nitrogen and oxygen atoms in total. The van der Waals surface area contributed by atoms with E-state index in [0.717, 1.165) is 32.6 Å². The first kappa shape index (κ1) is 13.8. The van der Waals surface area contributed by atoms with Crippen LogP contribution >= 0.6 is 0 Å². The first-order valence-corrected chi connectivity index (χ1v) is 5.70. The minimum Gasteiger partial charge on any atom is -0.317 e. The fourth-order valence-electron chi connectivity index (χ4n) is 1.16. The van der Waals surface area contributed by atoms with E-state index in [2.05, 4.69) is 17.6 Å². The van der Waals surface area contributed by atoms with Gasteiger partial charge in [0.05, 0.1) is 6.17 Å². The van der Waals surface area contributed by atoms with Gasteiger partial charge in [-0.15, -0.1) is 0 Å². The summed E-state index contributed by atoms with van der Waals surface area (Å²) in [6.45, 7) is 6.42. The first-order chi connectivity index (χ1) is 6.77. The van der Waals surface area contributed by atoms with E-state index in [1.54, 1.807) is 0 Å². The van der Waals surface area contributed by atoms with Crippen LogP contribution in [0.2, 0.25) is 0 Å². The monoisotopic (exact) mass is 202 g/mol. The third-order valence-corrected chi connectivity index (χ3v) is 2.07. The molecule has 0 aliphatic heterocycles. The van der Waals surface area contributed by atoms with Crippen LogP contribution in [0.5, 0.6) is 0 Å². The van der Waals surface area contributed by atoms with E-state index in [0.29, 0.717) is 0 Å². The Morgan fingerprint density at radius 2 is 1.50 bits per heavy atom. The van der Waals surface area contributed by atoms with E-state index in [4.69, 9.17) is 11.5 Å². The quantitative estimate of drug-likeness (QED) is 0.297. The molecule has 0 fully saturated rings. The molecule has 4 heteroatoms. The maximum Gasteiger partial charge on any atom is 0.0533 e. The van der Waals surface area contributed by atoms with Crippen molar-refractivity contribution in [3.8, 4) is 0 Å².